The Morgan fingerprint density at radius 2 is 2.55 bits per heavy atom. The van der Waals surface area contributed by atoms with Gasteiger partial charge in [-0.15, -0.1) is 0 Å². The minimum atomic E-state index is -0.494. The molecule has 0 amide bonds. The molecule has 0 bridgehead atoms. The van der Waals surface area contributed by atoms with E-state index in [1.807, 2.05) is 0 Å². The highest BCUT2D eigenvalue weighted by atomic mass is 79.9. The predicted molar refractivity (Wildman–Crippen MR) is 44.3 cm³/mol. The molecule has 60 valence electrons. The number of ketones is 1. The fourth-order valence-corrected chi connectivity index (χ4v) is 1.06. The molecule has 1 unspecified atom stereocenters. The lowest BCUT2D eigenvalue weighted by Crippen LogP contribution is -2.27. The minimum absolute atomic E-state index is 0.144. The van der Waals surface area contributed by atoms with Gasteiger partial charge >= 0.3 is 0 Å². The third kappa shape index (κ3) is 1.66. The summed E-state index contributed by atoms with van der Waals surface area (Å²) in [5.74, 6) is -0.144. The van der Waals surface area contributed by atoms with Gasteiger partial charge in [-0.3, -0.25) is 9.89 Å². The molecule has 1 aromatic rings. The summed E-state index contributed by atoms with van der Waals surface area (Å²) >= 11 is 3.17. The van der Waals surface area contributed by atoms with Gasteiger partial charge in [0, 0.05) is 0 Å². The zero-order valence-corrected chi connectivity index (χ0v) is 7.55. The maximum atomic E-state index is 11.2. The number of hydrogen-bond donors (Lipinski definition) is 2. The van der Waals surface area contributed by atoms with Gasteiger partial charge in [-0.05, 0) is 22.9 Å². The van der Waals surface area contributed by atoms with Crippen LogP contribution in [0.25, 0.3) is 0 Å². The quantitative estimate of drug-likeness (QED) is 0.717. The Morgan fingerprint density at radius 3 is 2.91 bits per heavy atom. The van der Waals surface area contributed by atoms with E-state index < -0.39 is 6.04 Å². The Labute approximate surface area is 72.3 Å². The first-order chi connectivity index (χ1) is 5.13. The molecule has 0 saturated heterocycles. The van der Waals surface area contributed by atoms with E-state index in [2.05, 4.69) is 26.1 Å². The molecule has 0 aromatic carbocycles. The molecule has 0 saturated carbocycles. The molecule has 1 atom stereocenters. The molecule has 11 heavy (non-hydrogen) atoms. The van der Waals surface area contributed by atoms with E-state index in [0.29, 0.717) is 10.2 Å². The Hall–Kier alpha value is -0.680. The summed E-state index contributed by atoms with van der Waals surface area (Å²) in [6.45, 7) is 1.63. The second kappa shape index (κ2) is 3.15. The molecule has 0 spiro atoms. The molecule has 1 heterocycles. The maximum Gasteiger partial charge on any atom is 0.198 e. The van der Waals surface area contributed by atoms with Crippen molar-refractivity contribution in [3.63, 3.8) is 0 Å². The molecule has 0 radical (unpaired) electrons. The van der Waals surface area contributed by atoms with Crippen molar-refractivity contribution in [2.75, 3.05) is 0 Å². The molecule has 0 aliphatic carbocycles. The van der Waals surface area contributed by atoms with E-state index in [0.717, 1.165) is 0 Å². The number of nitrogens with two attached hydrogens (primary N) is 1. The highest BCUT2D eigenvalue weighted by Crippen LogP contribution is 2.13. The number of aromatic amines is 1. The molecule has 1 rings (SSSR count). The van der Waals surface area contributed by atoms with Crippen LogP contribution in [0.5, 0.6) is 0 Å². The smallest absolute Gasteiger partial charge is 0.198 e. The van der Waals surface area contributed by atoms with Crippen molar-refractivity contribution in [3.05, 3.63) is 16.4 Å². The van der Waals surface area contributed by atoms with Gasteiger partial charge in [-0.25, -0.2) is 0 Å². The van der Waals surface area contributed by atoms with Crippen LogP contribution in [-0.4, -0.2) is 22.0 Å². The Bertz CT molecular complexity index is 269. The van der Waals surface area contributed by atoms with Crippen molar-refractivity contribution >= 4 is 21.7 Å². The van der Waals surface area contributed by atoms with E-state index in [9.17, 15) is 4.79 Å². The summed E-state index contributed by atoms with van der Waals surface area (Å²) in [6, 6.07) is -0.494. The van der Waals surface area contributed by atoms with Crippen molar-refractivity contribution in [2.45, 2.75) is 13.0 Å². The predicted octanol–water partition coefficient (Wildman–Crippen LogP) is 0.702. The van der Waals surface area contributed by atoms with Crippen molar-refractivity contribution in [3.8, 4) is 0 Å². The van der Waals surface area contributed by atoms with Gasteiger partial charge in [0.2, 0.25) is 0 Å². The van der Waals surface area contributed by atoms with Gasteiger partial charge in [-0.1, -0.05) is 0 Å². The largest absolute Gasteiger partial charge is 0.321 e. The molecule has 0 fully saturated rings. The first-order valence-electron chi connectivity index (χ1n) is 3.11. The van der Waals surface area contributed by atoms with Crippen molar-refractivity contribution in [2.24, 2.45) is 5.73 Å². The number of hydrogen-bond acceptors (Lipinski definition) is 3. The van der Waals surface area contributed by atoms with Gasteiger partial charge in [0.15, 0.2) is 5.78 Å². The van der Waals surface area contributed by atoms with Gasteiger partial charge in [0.05, 0.1) is 16.7 Å². The summed E-state index contributed by atoms with van der Waals surface area (Å²) in [7, 11) is 0. The van der Waals surface area contributed by atoms with Crippen LogP contribution in [-0.2, 0) is 0 Å². The summed E-state index contributed by atoms with van der Waals surface area (Å²) in [6.07, 6.45) is 1.52. The van der Waals surface area contributed by atoms with Crippen molar-refractivity contribution < 1.29 is 4.79 Å². The molecule has 5 heteroatoms. The summed E-state index contributed by atoms with van der Waals surface area (Å²) < 4.78 is 0.653. The number of aromatic nitrogens is 2. The number of halogens is 1. The first-order valence-corrected chi connectivity index (χ1v) is 3.91. The van der Waals surface area contributed by atoms with E-state index in [-0.39, 0.29) is 5.78 Å². The fraction of sp³-hybridized carbons (Fsp3) is 0.333. The number of rotatable bonds is 2. The highest BCUT2D eigenvalue weighted by Gasteiger charge is 2.15. The van der Waals surface area contributed by atoms with Crippen LogP contribution < -0.4 is 5.73 Å². The lowest BCUT2D eigenvalue weighted by atomic mass is 10.2. The molecule has 0 aliphatic heterocycles. The summed E-state index contributed by atoms with van der Waals surface area (Å²) in [5, 5.41) is 6.24. The van der Waals surface area contributed by atoms with Gasteiger partial charge in [0.25, 0.3) is 0 Å². The lowest BCUT2D eigenvalue weighted by molar-refractivity contribution is 0.0962. The van der Waals surface area contributed by atoms with Crippen LogP contribution in [0, 0.1) is 0 Å². The SMILES string of the molecule is CC(N)C(=O)c1[nH]ncc1Br. The van der Waals surface area contributed by atoms with Crippen LogP contribution >= 0.6 is 15.9 Å². The van der Waals surface area contributed by atoms with Crippen LogP contribution in [0.1, 0.15) is 17.4 Å². The van der Waals surface area contributed by atoms with Crippen LogP contribution in [0.15, 0.2) is 10.7 Å². The Morgan fingerprint density at radius 1 is 1.91 bits per heavy atom. The second-order valence-corrected chi connectivity index (χ2v) is 3.10. The molecular weight excluding hydrogens is 210 g/mol. The molecular formula is C6H8BrN3O. The number of nitrogens with zero attached hydrogens (tertiary/aromatic N) is 1. The summed E-state index contributed by atoms with van der Waals surface area (Å²) in [4.78, 5) is 11.2. The standard InChI is InChI=1S/C6H8BrN3O/c1-3(8)6(11)5-4(7)2-9-10-5/h2-3H,8H2,1H3,(H,9,10). The first kappa shape index (κ1) is 8.42. The molecule has 3 N–H and O–H groups in total. The summed E-state index contributed by atoms with van der Waals surface area (Å²) in [5.41, 5.74) is 5.81. The molecule has 4 nitrogen and oxygen atoms in total. The number of carbonyl (C=O) groups excluding carboxylic acids is 1. The monoisotopic (exact) mass is 217 g/mol. The second-order valence-electron chi connectivity index (χ2n) is 2.25. The lowest BCUT2D eigenvalue weighted by Gasteiger charge is -2.00. The van der Waals surface area contributed by atoms with E-state index in [4.69, 9.17) is 5.73 Å². The average Bonchev–Trinajstić information content (AvgIpc) is 2.33. The number of nitrogens with one attached hydrogen (secondary N) is 1. The van der Waals surface area contributed by atoms with E-state index in [1.165, 1.54) is 6.20 Å². The fourth-order valence-electron chi connectivity index (χ4n) is 0.672. The van der Waals surface area contributed by atoms with E-state index >= 15 is 0 Å². The topological polar surface area (TPSA) is 71.8 Å². The average molecular weight is 218 g/mol. The number of Topliss-reactive ketones (excluding diaryl/α,β-unsaturated/α-hetero) is 1. The molecule has 1 aromatic heterocycles. The Balaban J connectivity index is 2.93. The Kier molecular flexibility index (Phi) is 2.41. The van der Waals surface area contributed by atoms with Crippen LogP contribution in [0.4, 0.5) is 0 Å². The van der Waals surface area contributed by atoms with Crippen LogP contribution in [0.3, 0.4) is 0 Å². The van der Waals surface area contributed by atoms with Gasteiger partial charge in [0.1, 0.15) is 5.69 Å². The normalized spacial score (nSPS) is 13.0. The van der Waals surface area contributed by atoms with Crippen molar-refractivity contribution in [1.29, 1.82) is 0 Å². The third-order valence-electron chi connectivity index (χ3n) is 1.25. The minimum Gasteiger partial charge on any atom is -0.321 e. The van der Waals surface area contributed by atoms with Gasteiger partial charge < -0.3 is 5.73 Å². The maximum absolute atomic E-state index is 11.2. The number of carbonyl (C=O) groups is 1. The third-order valence-corrected chi connectivity index (χ3v) is 1.85. The van der Waals surface area contributed by atoms with Crippen LogP contribution in [0.2, 0.25) is 0 Å². The van der Waals surface area contributed by atoms with E-state index in [1.54, 1.807) is 6.92 Å². The molecule has 0 aliphatic rings. The zero-order chi connectivity index (χ0) is 8.43. The zero-order valence-electron chi connectivity index (χ0n) is 5.97. The van der Waals surface area contributed by atoms with Crippen molar-refractivity contribution in [1.82, 2.24) is 10.2 Å². The highest BCUT2D eigenvalue weighted by molar-refractivity contribution is 9.10. The number of H-pyrrole nitrogens is 1. The van der Waals surface area contributed by atoms with Gasteiger partial charge in [-0.2, -0.15) is 5.10 Å².